The number of hydrogen-bond donors (Lipinski definition) is 1. The fraction of sp³-hybridized carbons (Fsp3) is 0.692. The summed E-state index contributed by atoms with van der Waals surface area (Å²) in [5, 5.41) is 5.90. The molecule has 2 aliphatic rings. The summed E-state index contributed by atoms with van der Waals surface area (Å²) in [5.74, 6) is 0.885. The molecule has 0 spiro atoms. The minimum absolute atomic E-state index is 0.500. The molecule has 1 aromatic rings. The Kier molecular flexibility index (Phi) is 2.18. The minimum atomic E-state index is 0.500. The highest BCUT2D eigenvalue weighted by Gasteiger charge is 2.52. The molecule has 0 saturated heterocycles. The molecular formula is C13H19NS. The Balaban J connectivity index is 1.64. The Labute approximate surface area is 95.9 Å². The average molecular weight is 221 g/mol. The van der Waals surface area contributed by atoms with Gasteiger partial charge in [-0.15, -0.1) is 11.3 Å². The van der Waals surface area contributed by atoms with Gasteiger partial charge in [0.05, 0.1) is 0 Å². The minimum Gasteiger partial charge on any atom is -0.314 e. The van der Waals surface area contributed by atoms with Crippen LogP contribution < -0.4 is 5.32 Å². The molecule has 0 aliphatic heterocycles. The summed E-state index contributed by atoms with van der Waals surface area (Å²) < 4.78 is 0. The van der Waals surface area contributed by atoms with E-state index in [4.69, 9.17) is 0 Å². The molecule has 0 amide bonds. The van der Waals surface area contributed by atoms with E-state index in [0.717, 1.165) is 12.0 Å². The molecule has 2 aliphatic carbocycles. The van der Waals surface area contributed by atoms with Crippen LogP contribution in [0, 0.1) is 12.8 Å². The smallest absolute Gasteiger partial charge is 0.0137 e. The molecule has 0 aromatic carbocycles. The van der Waals surface area contributed by atoms with Crippen LogP contribution >= 0.6 is 11.3 Å². The average Bonchev–Trinajstić information content (AvgIpc) is 3.08. The predicted octanol–water partition coefficient (Wildman–Crippen LogP) is 3.09. The van der Waals surface area contributed by atoms with E-state index in [9.17, 15) is 0 Å². The summed E-state index contributed by atoms with van der Waals surface area (Å²) in [5.41, 5.74) is 2.00. The monoisotopic (exact) mass is 221 g/mol. The molecule has 1 aromatic heterocycles. The SMILES string of the molecule is Cc1ccsc1C1(C)CC1CNC1CC1. The van der Waals surface area contributed by atoms with Crippen molar-refractivity contribution in [2.75, 3.05) is 6.54 Å². The summed E-state index contributed by atoms with van der Waals surface area (Å²) in [6, 6.07) is 3.12. The van der Waals surface area contributed by atoms with Gasteiger partial charge < -0.3 is 5.32 Å². The maximum absolute atomic E-state index is 3.66. The van der Waals surface area contributed by atoms with E-state index in [1.807, 2.05) is 11.3 Å². The predicted molar refractivity (Wildman–Crippen MR) is 65.5 cm³/mol. The Morgan fingerprint density at radius 3 is 2.93 bits per heavy atom. The van der Waals surface area contributed by atoms with Crippen LogP contribution in [0.2, 0.25) is 0 Å². The molecule has 0 bridgehead atoms. The Morgan fingerprint density at radius 2 is 2.33 bits per heavy atom. The standard InChI is InChI=1S/C13H19NS/c1-9-5-6-15-12(9)13(2)7-10(13)8-14-11-3-4-11/h5-6,10-11,14H,3-4,7-8H2,1-2H3. The molecule has 3 rings (SSSR count). The van der Waals surface area contributed by atoms with Gasteiger partial charge in [0.1, 0.15) is 0 Å². The Hall–Kier alpha value is -0.340. The van der Waals surface area contributed by atoms with E-state index in [2.05, 4.69) is 30.6 Å². The number of nitrogens with one attached hydrogen (secondary N) is 1. The fourth-order valence-corrected chi connectivity index (χ4v) is 3.76. The van der Waals surface area contributed by atoms with E-state index < -0.39 is 0 Å². The number of rotatable bonds is 4. The normalized spacial score (nSPS) is 34.4. The maximum Gasteiger partial charge on any atom is 0.0137 e. The van der Waals surface area contributed by atoms with Crippen molar-refractivity contribution in [3.8, 4) is 0 Å². The lowest BCUT2D eigenvalue weighted by Gasteiger charge is -2.11. The lowest BCUT2D eigenvalue weighted by molar-refractivity contribution is 0.579. The molecular weight excluding hydrogens is 202 g/mol. The summed E-state index contributed by atoms with van der Waals surface area (Å²) >= 11 is 1.94. The van der Waals surface area contributed by atoms with Crippen molar-refractivity contribution in [1.82, 2.24) is 5.32 Å². The van der Waals surface area contributed by atoms with Gasteiger partial charge in [0.25, 0.3) is 0 Å². The zero-order valence-corrected chi connectivity index (χ0v) is 10.4. The van der Waals surface area contributed by atoms with Gasteiger partial charge in [-0.2, -0.15) is 0 Å². The largest absolute Gasteiger partial charge is 0.314 e. The first-order chi connectivity index (χ1) is 7.20. The second-order valence-corrected chi connectivity index (χ2v) is 6.35. The van der Waals surface area contributed by atoms with Crippen molar-refractivity contribution < 1.29 is 0 Å². The summed E-state index contributed by atoms with van der Waals surface area (Å²) in [6.07, 6.45) is 4.19. The quantitative estimate of drug-likeness (QED) is 0.824. The van der Waals surface area contributed by atoms with Gasteiger partial charge in [0, 0.05) is 16.3 Å². The summed E-state index contributed by atoms with van der Waals surface area (Å²) in [7, 11) is 0. The molecule has 0 radical (unpaired) electrons. The van der Waals surface area contributed by atoms with Crippen LogP contribution in [0.3, 0.4) is 0 Å². The van der Waals surface area contributed by atoms with Gasteiger partial charge in [0.15, 0.2) is 0 Å². The lowest BCUT2D eigenvalue weighted by Crippen LogP contribution is -2.22. The maximum atomic E-state index is 3.66. The van der Waals surface area contributed by atoms with E-state index >= 15 is 0 Å². The van der Waals surface area contributed by atoms with Gasteiger partial charge in [-0.25, -0.2) is 0 Å². The van der Waals surface area contributed by atoms with Crippen molar-refractivity contribution in [2.24, 2.45) is 5.92 Å². The molecule has 2 unspecified atom stereocenters. The number of hydrogen-bond acceptors (Lipinski definition) is 2. The van der Waals surface area contributed by atoms with Crippen LogP contribution in [0.4, 0.5) is 0 Å². The molecule has 2 atom stereocenters. The first-order valence-corrected chi connectivity index (χ1v) is 6.86. The second-order valence-electron chi connectivity index (χ2n) is 5.43. The fourth-order valence-electron chi connectivity index (χ4n) is 2.58. The topological polar surface area (TPSA) is 12.0 Å². The first kappa shape index (κ1) is 9.86. The first-order valence-electron chi connectivity index (χ1n) is 5.98. The van der Waals surface area contributed by atoms with Crippen LogP contribution in [0.15, 0.2) is 11.4 Å². The Morgan fingerprint density at radius 1 is 1.53 bits per heavy atom. The van der Waals surface area contributed by atoms with Crippen LogP contribution in [0.5, 0.6) is 0 Å². The lowest BCUT2D eigenvalue weighted by atomic mass is 10.0. The number of aryl methyl sites for hydroxylation is 1. The van der Waals surface area contributed by atoms with Crippen molar-refractivity contribution in [1.29, 1.82) is 0 Å². The Bertz CT molecular complexity index is 366. The molecule has 2 heteroatoms. The van der Waals surface area contributed by atoms with Gasteiger partial charge in [-0.1, -0.05) is 6.92 Å². The highest BCUT2D eigenvalue weighted by atomic mass is 32.1. The van der Waals surface area contributed by atoms with E-state index in [1.165, 1.54) is 31.4 Å². The molecule has 82 valence electrons. The molecule has 1 nitrogen and oxygen atoms in total. The summed E-state index contributed by atoms with van der Waals surface area (Å²) in [4.78, 5) is 1.63. The van der Waals surface area contributed by atoms with E-state index in [0.29, 0.717) is 5.41 Å². The van der Waals surface area contributed by atoms with E-state index in [-0.39, 0.29) is 0 Å². The van der Waals surface area contributed by atoms with Crippen molar-refractivity contribution in [3.63, 3.8) is 0 Å². The van der Waals surface area contributed by atoms with Crippen LogP contribution in [-0.4, -0.2) is 12.6 Å². The molecule has 1 N–H and O–H groups in total. The van der Waals surface area contributed by atoms with Gasteiger partial charge in [-0.3, -0.25) is 0 Å². The zero-order chi connectivity index (χ0) is 10.5. The summed E-state index contributed by atoms with van der Waals surface area (Å²) in [6.45, 7) is 5.92. The van der Waals surface area contributed by atoms with Crippen LogP contribution in [0.1, 0.15) is 36.6 Å². The zero-order valence-electron chi connectivity index (χ0n) is 9.55. The van der Waals surface area contributed by atoms with Gasteiger partial charge in [-0.05, 0) is 55.7 Å². The highest BCUT2D eigenvalue weighted by Crippen LogP contribution is 2.56. The van der Waals surface area contributed by atoms with Crippen LogP contribution in [-0.2, 0) is 5.41 Å². The third-order valence-electron chi connectivity index (χ3n) is 4.02. The van der Waals surface area contributed by atoms with Gasteiger partial charge in [0.2, 0.25) is 0 Å². The van der Waals surface area contributed by atoms with Crippen molar-refractivity contribution >= 4 is 11.3 Å². The molecule has 2 fully saturated rings. The third kappa shape index (κ3) is 1.74. The molecule has 15 heavy (non-hydrogen) atoms. The highest BCUT2D eigenvalue weighted by molar-refractivity contribution is 7.10. The van der Waals surface area contributed by atoms with Crippen molar-refractivity contribution in [3.05, 3.63) is 21.9 Å². The van der Waals surface area contributed by atoms with Gasteiger partial charge >= 0.3 is 0 Å². The van der Waals surface area contributed by atoms with E-state index in [1.54, 1.807) is 4.88 Å². The second kappa shape index (κ2) is 3.33. The third-order valence-corrected chi connectivity index (χ3v) is 5.32. The van der Waals surface area contributed by atoms with Crippen molar-refractivity contribution in [2.45, 2.75) is 44.6 Å². The molecule has 2 saturated carbocycles. The van der Waals surface area contributed by atoms with Crippen LogP contribution in [0.25, 0.3) is 0 Å². The number of thiophene rings is 1. The molecule has 1 heterocycles.